The fourth-order valence-corrected chi connectivity index (χ4v) is 2.94. The summed E-state index contributed by atoms with van der Waals surface area (Å²) in [6.07, 6.45) is 1.12. The van der Waals surface area contributed by atoms with Crippen LogP contribution in [-0.2, 0) is 9.47 Å². The van der Waals surface area contributed by atoms with E-state index in [0.717, 1.165) is 17.9 Å². The number of benzene rings is 1. The molecule has 1 aliphatic rings. The number of hydrogen-bond acceptors (Lipinski definition) is 4. The van der Waals surface area contributed by atoms with E-state index in [-0.39, 0.29) is 12.2 Å². The van der Waals surface area contributed by atoms with Gasteiger partial charge in [0.05, 0.1) is 19.8 Å². The van der Waals surface area contributed by atoms with Crippen molar-refractivity contribution in [1.29, 1.82) is 0 Å². The zero-order valence-corrected chi connectivity index (χ0v) is 13.5. The average molecular weight is 345 g/mol. The van der Waals surface area contributed by atoms with Gasteiger partial charge >= 0.3 is 0 Å². The van der Waals surface area contributed by atoms with E-state index in [1.165, 1.54) is 0 Å². The van der Waals surface area contributed by atoms with Gasteiger partial charge < -0.3 is 18.9 Å². The van der Waals surface area contributed by atoms with Crippen LogP contribution in [0.15, 0.2) is 24.3 Å². The van der Waals surface area contributed by atoms with E-state index in [1.54, 1.807) is 7.11 Å². The van der Waals surface area contributed by atoms with Crippen molar-refractivity contribution in [3.63, 3.8) is 0 Å². The van der Waals surface area contributed by atoms with Gasteiger partial charge in [-0.2, -0.15) is 0 Å². The van der Waals surface area contributed by atoms with Gasteiger partial charge in [0.2, 0.25) is 0 Å². The molecule has 0 spiro atoms. The molecule has 4 nitrogen and oxygen atoms in total. The molecule has 5 heteroatoms. The number of ether oxygens (including phenoxy) is 4. The van der Waals surface area contributed by atoms with Crippen LogP contribution in [0.1, 0.15) is 13.3 Å². The highest BCUT2D eigenvalue weighted by atomic mass is 79.9. The summed E-state index contributed by atoms with van der Waals surface area (Å²) in [5.41, 5.74) is 0. The minimum Gasteiger partial charge on any atom is -0.494 e. The van der Waals surface area contributed by atoms with E-state index in [0.29, 0.717) is 24.6 Å². The molecular formula is C15H21BrO4. The van der Waals surface area contributed by atoms with Crippen molar-refractivity contribution in [1.82, 2.24) is 0 Å². The first kappa shape index (κ1) is 15.6. The summed E-state index contributed by atoms with van der Waals surface area (Å²) in [5, 5.41) is 0. The van der Waals surface area contributed by atoms with E-state index in [2.05, 4.69) is 15.9 Å². The molecule has 0 N–H and O–H groups in total. The molecule has 0 heterocycles. The van der Waals surface area contributed by atoms with Crippen LogP contribution in [0.4, 0.5) is 0 Å². The summed E-state index contributed by atoms with van der Waals surface area (Å²) < 4.78 is 22.1. The fourth-order valence-electron chi connectivity index (χ4n) is 2.08. The molecule has 3 unspecified atom stereocenters. The van der Waals surface area contributed by atoms with E-state index in [9.17, 15) is 0 Å². The van der Waals surface area contributed by atoms with Crippen molar-refractivity contribution in [2.75, 3.05) is 26.9 Å². The maximum atomic E-state index is 5.95. The van der Waals surface area contributed by atoms with Gasteiger partial charge in [0.25, 0.3) is 0 Å². The lowest BCUT2D eigenvalue weighted by molar-refractivity contribution is -0.0865. The molecule has 1 aromatic carbocycles. The first-order valence-electron chi connectivity index (χ1n) is 6.88. The maximum Gasteiger partial charge on any atom is 0.127 e. The summed E-state index contributed by atoms with van der Waals surface area (Å²) in [6.45, 7) is 3.83. The molecule has 1 fully saturated rings. The largest absolute Gasteiger partial charge is 0.494 e. The van der Waals surface area contributed by atoms with Crippen LogP contribution < -0.4 is 9.47 Å². The van der Waals surface area contributed by atoms with Gasteiger partial charge in [0.15, 0.2) is 0 Å². The van der Waals surface area contributed by atoms with E-state index < -0.39 is 0 Å². The molecule has 2 rings (SSSR count). The third kappa shape index (κ3) is 4.11. The highest BCUT2D eigenvalue weighted by Gasteiger charge is 2.42. The van der Waals surface area contributed by atoms with Crippen LogP contribution in [0.3, 0.4) is 0 Å². The molecular weight excluding hydrogens is 324 g/mol. The van der Waals surface area contributed by atoms with Gasteiger partial charge in [0, 0.05) is 18.4 Å². The van der Waals surface area contributed by atoms with Crippen LogP contribution in [-0.4, -0.2) is 44.0 Å². The molecule has 0 amide bonds. The molecule has 1 saturated carbocycles. The van der Waals surface area contributed by atoms with Crippen LogP contribution in [0.25, 0.3) is 0 Å². The molecule has 1 aliphatic carbocycles. The predicted octanol–water partition coefficient (Wildman–Crippen LogP) is 3.03. The molecule has 0 bridgehead atoms. The number of alkyl halides is 1. The Morgan fingerprint density at radius 3 is 2.45 bits per heavy atom. The minimum atomic E-state index is 0.0803. The summed E-state index contributed by atoms with van der Waals surface area (Å²) in [5.74, 6) is 1.71. The molecule has 112 valence electrons. The smallest absolute Gasteiger partial charge is 0.127 e. The first-order chi connectivity index (χ1) is 9.74. The number of rotatable bonds is 8. The summed E-state index contributed by atoms with van der Waals surface area (Å²) in [6, 6.07) is 7.70. The molecule has 0 saturated heterocycles. The van der Waals surface area contributed by atoms with E-state index in [4.69, 9.17) is 18.9 Å². The first-order valence-corrected chi connectivity index (χ1v) is 7.80. The SMILES string of the molecule is CCOc1ccc(OC2CC(Br)C2OCCOC)cc1. The quantitative estimate of drug-likeness (QED) is 0.536. The highest BCUT2D eigenvalue weighted by molar-refractivity contribution is 9.09. The van der Waals surface area contributed by atoms with Crippen molar-refractivity contribution in [2.45, 2.75) is 30.4 Å². The monoisotopic (exact) mass is 344 g/mol. The maximum absolute atomic E-state index is 5.95. The lowest BCUT2D eigenvalue weighted by Gasteiger charge is -2.40. The van der Waals surface area contributed by atoms with Crippen LogP contribution >= 0.6 is 15.9 Å². The van der Waals surface area contributed by atoms with Gasteiger partial charge in [0.1, 0.15) is 23.7 Å². The second kappa shape index (κ2) is 7.86. The Kier molecular flexibility index (Phi) is 6.13. The molecule has 20 heavy (non-hydrogen) atoms. The number of methoxy groups -OCH3 is 1. The van der Waals surface area contributed by atoms with E-state index >= 15 is 0 Å². The number of hydrogen-bond donors (Lipinski definition) is 0. The van der Waals surface area contributed by atoms with E-state index in [1.807, 2.05) is 31.2 Å². The lowest BCUT2D eigenvalue weighted by Crippen LogP contribution is -2.52. The molecule has 3 atom stereocenters. The van der Waals surface area contributed by atoms with Crippen molar-refractivity contribution < 1.29 is 18.9 Å². The van der Waals surface area contributed by atoms with Crippen molar-refractivity contribution in [2.24, 2.45) is 0 Å². The van der Waals surface area contributed by atoms with Crippen LogP contribution in [0, 0.1) is 0 Å². The highest BCUT2D eigenvalue weighted by Crippen LogP contribution is 2.34. The average Bonchev–Trinajstić information content (AvgIpc) is 2.45. The third-order valence-electron chi connectivity index (χ3n) is 3.20. The van der Waals surface area contributed by atoms with Crippen LogP contribution in [0.2, 0.25) is 0 Å². The van der Waals surface area contributed by atoms with Crippen molar-refractivity contribution >= 4 is 15.9 Å². The lowest BCUT2D eigenvalue weighted by atomic mass is 9.91. The third-order valence-corrected chi connectivity index (χ3v) is 4.10. The Bertz CT molecular complexity index is 395. The summed E-state index contributed by atoms with van der Waals surface area (Å²) >= 11 is 3.60. The topological polar surface area (TPSA) is 36.9 Å². The molecule has 1 aromatic rings. The second-order valence-corrected chi connectivity index (χ2v) is 5.82. The normalized spacial score (nSPS) is 25.1. The van der Waals surface area contributed by atoms with Gasteiger partial charge in [-0.25, -0.2) is 0 Å². The molecule has 0 radical (unpaired) electrons. The number of halogens is 1. The van der Waals surface area contributed by atoms with Crippen LogP contribution in [0.5, 0.6) is 11.5 Å². The Morgan fingerprint density at radius 1 is 1.15 bits per heavy atom. The minimum absolute atomic E-state index is 0.0803. The Labute approximate surface area is 128 Å². The van der Waals surface area contributed by atoms with Gasteiger partial charge in [-0.1, -0.05) is 15.9 Å². The molecule has 0 aromatic heterocycles. The Morgan fingerprint density at radius 2 is 1.85 bits per heavy atom. The second-order valence-electron chi connectivity index (χ2n) is 4.64. The van der Waals surface area contributed by atoms with Gasteiger partial charge in [-0.15, -0.1) is 0 Å². The zero-order chi connectivity index (χ0) is 14.4. The summed E-state index contributed by atoms with van der Waals surface area (Å²) in [7, 11) is 1.67. The van der Waals surface area contributed by atoms with Crippen molar-refractivity contribution in [3.8, 4) is 11.5 Å². The van der Waals surface area contributed by atoms with Gasteiger partial charge in [-0.05, 0) is 31.2 Å². The van der Waals surface area contributed by atoms with Crippen molar-refractivity contribution in [3.05, 3.63) is 24.3 Å². The molecule has 0 aliphatic heterocycles. The van der Waals surface area contributed by atoms with Gasteiger partial charge in [-0.3, -0.25) is 0 Å². The Hall–Kier alpha value is -0.780. The Balaban J connectivity index is 1.82. The summed E-state index contributed by atoms with van der Waals surface area (Å²) in [4.78, 5) is 0.354. The predicted molar refractivity (Wildman–Crippen MR) is 81.0 cm³/mol. The zero-order valence-electron chi connectivity index (χ0n) is 11.9. The fraction of sp³-hybridized carbons (Fsp3) is 0.600. The standard InChI is InChI=1S/C15H21BrO4/c1-3-18-11-4-6-12(7-5-11)20-14-10-13(16)15(14)19-9-8-17-2/h4-7,13-15H,3,8-10H2,1-2H3.